The lowest BCUT2D eigenvalue weighted by Gasteiger charge is -1.99. The molecular weight excluding hydrogens is 329 g/mol. The highest BCUT2D eigenvalue weighted by molar-refractivity contribution is 7.10. The van der Waals surface area contributed by atoms with Gasteiger partial charge in [0.2, 0.25) is 11.8 Å². The van der Waals surface area contributed by atoms with E-state index < -0.39 is 0 Å². The van der Waals surface area contributed by atoms with Gasteiger partial charge in [0.05, 0.1) is 5.69 Å². The molecule has 0 aliphatic carbocycles. The maximum atomic E-state index is 12.9. The normalized spacial score (nSPS) is 11.0. The van der Waals surface area contributed by atoms with E-state index in [1.54, 1.807) is 24.4 Å². The first-order valence-electron chi connectivity index (χ1n) is 7.26. The van der Waals surface area contributed by atoms with Crippen LogP contribution in [0.4, 0.5) is 4.39 Å². The first kappa shape index (κ1) is 16.1. The van der Waals surface area contributed by atoms with Gasteiger partial charge in [-0.25, -0.2) is 14.4 Å². The van der Waals surface area contributed by atoms with Crippen LogP contribution in [0.1, 0.15) is 10.7 Å². The van der Waals surface area contributed by atoms with E-state index in [4.69, 9.17) is 4.42 Å². The van der Waals surface area contributed by atoms with Crippen LogP contribution in [0.15, 0.2) is 52.6 Å². The monoisotopic (exact) mass is 343 g/mol. The van der Waals surface area contributed by atoms with Gasteiger partial charge in [0.15, 0.2) is 0 Å². The van der Waals surface area contributed by atoms with Crippen molar-refractivity contribution in [3.8, 4) is 11.5 Å². The van der Waals surface area contributed by atoms with E-state index in [0.29, 0.717) is 24.4 Å². The van der Waals surface area contributed by atoms with Crippen LogP contribution >= 0.6 is 11.3 Å². The van der Waals surface area contributed by atoms with Crippen LogP contribution in [0, 0.1) is 5.82 Å². The summed E-state index contributed by atoms with van der Waals surface area (Å²) in [5, 5.41) is 5.40. The second kappa shape index (κ2) is 7.65. The van der Waals surface area contributed by atoms with Crippen LogP contribution in [0.3, 0.4) is 0 Å². The molecule has 24 heavy (non-hydrogen) atoms. The van der Waals surface area contributed by atoms with Gasteiger partial charge in [-0.05, 0) is 30.3 Å². The highest BCUT2D eigenvalue weighted by atomic mass is 32.1. The molecule has 1 N–H and O–H groups in total. The number of benzene rings is 1. The molecule has 5 nitrogen and oxygen atoms in total. The molecule has 0 spiro atoms. The van der Waals surface area contributed by atoms with E-state index in [2.05, 4.69) is 15.3 Å². The molecule has 0 aliphatic heterocycles. The molecule has 0 aliphatic rings. The van der Waals surface area contributed by atoms with Crippen molar-refractivity contribution in [2.24, 2.45) is 0 Å². The predicted octanol–water partition coefficient (Wildman–Crippen LogP) is 3.31. The molecule has 1 amide bonds. The summed E-state index contributed by atoms with van der Waals surface area (Å²) in [6, 6.07) is 5.93. The summed E-state index contributed by atoms with van der Waals surface area (Å²) >= 11 is 1.46. The molecule has 0 radical (unpaired) electrons. The number of thiazole rings is 1. The maximum Gasteiger partial charge on any atom is 0.244 e. The summed E-state index contributed by atoms with van der Waals surface area (Å²) in [6.45, 7) is 0.441. The summed E-state index contributed by atoms with van der Waals surface area (Å²) in [5.74, 6) is -0.0634. The molecule has 0 saturated carbocycles. The number of hydrogen-bond donors (Lipinski definition) is 1. The van der Waals surface area contributed by atoms with Crippen molar-refractivity contribution in [2.75, 3.05) is 6.54 Å². The Kier molecular flexibility index (Phi) is 5.12. The number of aromatic nitrogens is 2. The molecule has 0 unspecified atom stereocenters. The van der Waals surface area contributed by atoms with E-state index >= 15 is 0 Å². The highest BCUT2D eigenvalue weighted by Gasteiger charge is 2.07. The van der Waals surface area contributed by atoms with Crippen LogP contribution in [0.25, 0.3) is 17.5 Å². The molecule has 2 aromatic heterocycles. The molecule has 7 heteroatoms. The lowest BCUT2D eigenvalue weighted by atomic mass is 10.2. The summed E-state index contributed by atoms with van der Waals surface area (Å²) in [7, 11) is 0. The van der Waals surface area contributed by atoms with Gasteiger partial charge >= 0.3 is 0 Å². The van der Waals surface area contributed by atoms with Crippen molar-refractivity contribution in [2.45, 2.75) is 6.42 Å². The Balaban J connectivity index is 1.49. The zero-order chi connectivity index (χ0) is 16.8. The Labute approximate surface area is 141 Å². The minimum Gasteiger partial charge on any atom is -0.444 e. The average molecular weight is 343 g/mol. The number of oxazole rings is 1. The number of halogens is 1. The molecular formula is C17H14FN3O2S. The van der Waals surface area contributed by atoms with Crippen molar-refractivity contribution < 1.29 is 13.6 Å². The minimum absolute atomic E-state index is 0.188. The Morgan fingerprint density at radius 1 is 1.33 bits per heavy atom. The zero-order valence-electron chi connectivity index (χ0n) is 12.6. The van der Waals surface area contributed by atoms with Gasteiger partial charge < -0.3 is 9.73 Å². The Hall–Kier alpha value is -2.80. The number of hydrogen-bond acceptors (Lipinski definition) is 5. The Morgan fingerprint density at radius 3 is 2.92 bits per heavy atom. The summed E-state index contributed by atoms with van der Waals surface area (Å²) in [6.07, 6.45) is 6.89. The third-order valence-electron chi connectivity index (χ3n) is 3.15. The van der Waals surface area contributed by atoms with Gasteiger partial charge in [-0.1, -0.05) is 0 Å². The number of carbonyl (C=O) groups is 1. The largest absolute Gasteiger partial charge is 0.444 e. The number of carbonyl (C=O) groups excluding carboxylic acids is 1. The fourth-order valence-corrected chi connectivity index (χ4v) is 2.51. The number of nitrogens with zero attached hydrogens (tertiary/aromatic N) is 2. The van der Waals surface area contributed by atoms with Gasteiger partial charge in [0.25, 0.3) is 0 Å². The molecule has 0 saturated heterocycles. The Bertz CT molecular complexity index is 826. The molecule has 122 valence electrons. The lowest BCUT2D eigenvalue weighted by molar-refractivity contribution is -0.116. The first-order chi connectivity index (χ1) is 11.7. The summed E-state index contributed by atoms with van der Waals surface area (Å²) in [4.78, 5) is 20.1. The number of amides is 1. The van der Waals surface area contributed by atoms with Crippen LogP contribution in [0.2, 0.25) is 0 Å². The summed E-state index contributed by atoms with van der Waals surface area (Å²) in [5.41, 5.74) is 1.43. The molecule has 3 aromatic rings. The molecule has 0 bridgehead atoms. The van der Waals surface area contributed by atoms with Crippen LogP contribution < -0.4 is 5.32 Å². The second-order valence-electron chi connectivity index (χ2n) is 4.90. The van der Waals surface area contributed by atoms with E-state index in [9.17, 15) is 9.18 Å². The van der Waals surface area contributed by atoms with Crippen LogP contribution in [-0.4, -0.2) is 22.4 Å². The van der Waals surface area contributed by atoms with Gasteiger partial charge in [-0.3, -0.25) is 4.79 Å². The van der Waals surface area contributed by atoms with Gasteiger partial charge in [-0.2, -0.15) is 0 Å². The topological polar surface area (TPSA) is 68.0 Å². The van der Waals surface area contributed by atoms with Crippen LogP contribution in [0.5, 0.6) is 0 Å². The van der Waals surface area contributed by atoms with E-state index in [-0.39, 0.29) is 11.7 Å². The van der Waals surface area contributed by atoms with Gasteiger partial charge in [0, 0.05) is 36.2 Å². The van der Waals surface area contributed by atoms with Crippen molar-refractivity contribution in [1.82, 2.24) is 15.3 Å². The van der Waals surface area contributed by atoms with Crippen molar-refractivity contribution in [3.05, 3.63) is 64.7 Å². The van der Waals surface area contributed by atoms with E-state index in [0.717, 1.165) is 10.7 Å². The molecule has 2 heterocycles. The van der Waals surface area contributed by atoms with Gasteiger partial charge in [-0.15, -0.1) is 11.3 Å². The van der Waals surface area contributed by atoms with Crippen molar-refractivity contribution in [3.63, 3.8) is 0 Å². The number of nitrogens with one attached hydrogen (secondary N) is 1. The van der Waals surface area contributed by atoms with E-state index in [1.807, 2.05) is 5.38 Å². The smallest absolute Gasteiger partial charge is 0.244 e. The minimum atomic E-state index is -0.306. The highest BCUT2D eigenvalue weighted by Crippen LogP contribution is 2.18. The molecule has 0 fully saturated rings. The second-order valence-corrected chi connectivity index (χ2v) is 5.82. The molecule has 3 rings (SSSR count). The Morgan fingerprint density at radius 2 is 2.17 bits per heavy atom. The van der Waals surface area contributed by atoms with Crippen molar-refractivity contribution >= 4 is 23.3 Å². The summed E-state index contributed by atoms with van der Waals surface area (Å²) < 4.78 is 18.3. The SMILES string of the molecule is O=C(C=Cc1nccs1)NCCc1coc(-c2ccc(F)cc2)n1. The standard InChI is InChI=1S/C17H14FN3O2S/c18-13-3-1-12(2-4-13)17-21-14(11-23-17)7-8-19-15(22)5-6-16-20-9-10-24-16/h1-6,9-11H,7-8H2,(H,19,22). The number of rotatable bonds is 6. The predicted molar refractivity (Wildman–Crippen MR) is 89.8 cm³/mol. The average Bonchev–Trinajstić information content (AvgIpc) is 3.25. The maximum absolute atomic E-state index is 12.9. The lowest BCUT2D eigenvalue weighted by Crippen LogP contribution is -2.23. The first-order valence-corrected chi connectivity index (χ1v) is 8.14. The van der Waals surface area contributed by atoms with Gasteiger partial charge in [0.1, 0.15) is 17.1 Å². The molecule has 1 aromatic carbocycles. The van der Waals surface area contributed by atoms with Crippen molar-refractivity contribution in [1.29, 1.82) is 0 Å². The third kappa shape index (κ3) is 4.36. The molecule has 0 atom stereocenters. The van der Waals surface area contributed by atoms with E-state index in [1.165, 1.54) is 35.8 Å². The quantitative estimate of drug-likeness (QED) is 0.697. The zero-order valence-corrected chi connectivity index (χ0v) is 13.4. The fraction of sp³-hybridized carbons (Fsp3) is 0.118. The third-order valence-corrected chi connectivity index (χ3v) is 3.89. The van der Waals surface area contributed by atoms with Crippen LogP contribution in [-0.2, 0) is 11.2 Å². The fourth-order valence-electron chi connectivity index (χ4n) is 1.98.